The number of nitrogens with one attached hydrogen (secondary N) is 2. The van der Waals surface area contributed by atoms with E-state index in [1.165, 1.54) is 12.1 Å². The van der Waals surface area contributed by atoms with Gasteiger partial charge in [0.2, 0.25) is 21.8 Å². The Morgan fingerprint density at radius 2 is 1.76 bits per heavy atom. The van der Waals surface area contributed by atoms with E-state index >= 15 is 0 Å². The molecule has 0 saturated carbocycles. The van der Waals surface area contributed by atoms with Crippen molar-refractivity contribution in [1.29, 1.82) is 0 Å². The molecule has 8 heteroatoms. The van der Waals surface area contributed by atoms with Crippen LogP contribution in [0.5, 0.6) is 0 Å². The van der Waals surface area contributed by atoms with E-state index in [4.69, 9.17) is 0 Å². The molecule has 7 nitrogen and oxygen atoms in total. The Morgan fingerprint density at radius 3 is 2.41 bits per heavy atom. The van der Waals surface area contributed by atoms with E-state index in [0.717, 1.165) is 23.2 Å². The molecule has 0 spiro atoms. The summed E-state index contributed by atoms with van der Waals surface area (Å²) in [5, 5.41) is 2.69. The molecule has 1 heterocycles. The standard InChI is InChI=1S/C21H25N3O4S/c1-3-20(25)23-17-6-8-18(9-7-17)29(27,28)22-14-15-5-10-19-16(13-15)11-12-24(19)21(26)4-2/h5-10,13,22H,3-4,11-12,14H2,1-2H3,(H,23,25). The molecule has 2 aromatic rings. The second kappa shape index (κ2) is 8.75. The highest BCUT2D eigenvalue weighted by Crippen LogP contribution is 2.29. The Balaban J connectivity index is 1.66. The number of hydrogen-bond acceptors (Lipinski definition) is 4. The number of rotatable bonds is 7. The Kier molecular flexibility index (Phi) is 6.34. The maximum atomic E-state index is 12.6. The van der Waals surface area contributed by atoms with Gasteiger partial charge in [0, 0.05) is 37.3 Å². The number of fused-ring (bicyclic) bond motifs is 1. The molecule has 0 bridgehead atoms. The summed E-state index contributed by atoms with van der Waals surface area (Å²) in [5.41, 5.74) is 3.36. The molecule has 2 aromatic carbocycles. The van der Waals surface area contributed by atoms with Crippen molar-refractivity contribution in [3.63, 3.8) is 0 Å². The van der Waals surface area contributed by atoms with Gasteiger partial charge in [0.25, 0.3) is 0 Å². The van der Waals surface area contributed by atoms with Gasteiger partial charge in [-0.2, -0.15) is 0 Å². The fourth-order valence-electron chi connectivity index (χ4n) is 3.24. The fraction of sp³-hybridized carbons (Fsp3) is 0.333. The van der Waals surface area contributed by atoms with Gasteiger partial charge in [-0.25, -0.2) is 13.1 Å². The van der Waals surface area contributed by atoms with Crippen molar-refractivity contribution in [3.8, 4) is 0 Å². The highest BCUT2D eigenvalue weighted by atomic mass is 32.2. The van der Waals surface area contributed by atoms with Crippen molar-refractivity contribution in [2.24, 2.45) is 0 Å². The van der Waals surface area contributed by atoms with Crippen LogP contribution in [0.1, 0.15) is 37.8 Å². The number of sulfonamides is 1. The van der Waals surface area contributed by atoms with E-state index in [1.807, 2.05) is 25.1 Å². The lowest BCUT2D eigenvalue weighted by atomic mass is 10.1. The van der Waals surface area contributed by atoms with Gasteiger partial charge in [0.1, 0.15) is 0 Å². The van der Waals surface area contributed by atoms with E-state index in [2.05, 4.69) is 10.0 Å². The van der Waals surface area contributed by atoms with Gasteiger partial charge < -0.3 is 10.2 Å². The maximum absolute atomic E-state index is 12.6. The van der Waals surface area contributed by atoms with Gasteiger partial charge in [-0.15, -0.1) is 0 Å². The molecule has 0 fully saturated rings. The molecule has 1 aliphatic rings. The quantitative estimate of drug-likeness (QED) is 0.727. The number of carbonyl (C=O) groups excluding carboxylic acids is 2. The lowest BCUT2D eigenvalue weighted by molar-refractivity contribution is -0.118. The summed E-state index contributed by atoms with van der Waals surface area (Å²) < 4.78 is 27.7. The molecule has 0 radical (unpaired) electrons. The van der Waals surface area contributed by atoms with Gasteiger partial charge >= 0.3 is 0 Å². The summed E-state index contributed by atoms with van der Waals surface area (Å²) in [6, 6.07) is 11.7. The summed E-state index contributed by atoms with van der Waals surface area (Å²) in [6.07, 6.45) is 1.58. The lowest BCUT2D eigenvalue weighted by Crippen LogP contribution is -2.27. The Bertz CT molecular complexity index is 1020. The molecule has 0 aliphatic carbocycles. The number of benzene rings is 2. The van der Waals surface area contributed by atoms with E-state index in [0.29, 0.717) is 25.1 Å². The minimum Gasteiger partial charge on any atom is -0.326 e. The third-order valence-electron chi connectivity index (χ3n) is 4.88. The third kappa shape index (κ3) is 4.83. The van der Waals surface area contributed by atoms with Crippen LogP contribution in [0.15, 0.2) is 47.4 Å². The Hall–Kier alpha value is -2.71. The van der Waals surface area contributed by atoms with Crippen LogP contribution in [0.2, 0.25) is 0 Å². The molecule has 0 aromatic heterocycles. The van der Waals surface area contributed by atoms with Gasteiger partial charge in [-0.3, -0.25) is 9.59 Å². The van der Waals surface area contributed by atoms with Crippen LogP contribution in [0.3, 0.4) is 0 Å². The molecular formula is C21H25N3O4S. The highest BCUT2D eigenvalue weighted by molar-refractivity contribution is 7.89. The topological polar surface area (TPSA) is 95.6 Å². The molecule has 3 rings (SSSR count). The molecule has 154 valence electrons. The van der Waals surface area contributed by atoms with Crippen LogP contribution in [-0.4, -0.2) is 26.8 Å². The normalized spacial score (nSPS) is 13.2. The average molecular weight is 416 g/mol. The fourth-order valence-corrected chi connectivity index (χ4v) is 4.26. The second-order valence-electron chi connectivity index (χ2n) is 6.86. The molecule has 0 saturated heterocycles. The number of anilines is 2. The van der Waals surface area contributed by atoms with Crippen molar-refractivity contribution in [3.05, 3.63) is 53.6 Å². The summed E-state index contributed by atoms with van der Waals surface area (Å²) in [5.74, 6) is -0.0367. The molecule has 2 N–H and O–H groups in total. The van der Waals surface area contributed by atoms with Gasteiger partial charge in [-0.05, 0) is 47.9 Å². The second-order valence-corrected chi connectivity index (χ2v) is 8.63. The van der Waals surface area contributed by atoms with Crippen LogP contribution in [0.4, 0.5) is 11.4 Å². The first-order chi connectivity index (χ1) is 13.8. The Morgan fingerprint density at radius 1 is 1.03 bits per heavy atom. The SMILES string of the molecule is CCC(=O)Nc1ccc(S(=O)(=O)NCc2ccc3c(c2)CCN3C(=O)CC)cc1. The van der Waals surface area contributed by atoms with Crippen molar-refractivity contribution in [2.45, 2.75) is 44.6 Å². The molecule has 2 amide bonds. The number of nitrogens with zero attached hydrogens (tertiary/aromatic N) is 1. The predicted octanol–water partition coefficient (Wildman–Crippen LogP) is 2.81. The van der Waals surface area contributed by atoms with E-state index in [1.54, 1.807) is 24.0 Å². The van der Waals surface area contributed by atoms with Crippen LogP contribution in [0.25, 0.3) is 0 Å². The predicted molar refractivity (Wildman–Crippen MR) is 112 cm³/mol. The van der Waals surface area contributed by atoms with Gasteiger partial charge in [0.15, 0.2) is 0 Å². The maximum Gasteiger partial charge on any atom is 0.240 e. The van der Waals surface area contributed by atoms with E-state index < -0.39 is 10.0 Å². The zero-order valence-corrected chi connectivity index (χ0v) is 17.4. The first-order valence-corrected chi connectivity index (χ1v) is 11.1. The van der Waals surface area contributed by atoms with Crippen LogP contribution in [0, 0.1) is 0 Å². The van der Waals surface area contributed by atoms with Gasteiger partial charge in [-0.1, -0.05) is 26.0 Å². The lowest BCUT2D eigenvalue weighted by Gasteiger charge is -2.16. The minimum atomic E-state index is -3.68. The zero-order valence-electron chi connectivity index (χ0n) is 16.6. The highest BCUT2D eigenvalue weighted by Gasteiger charge is 2.23. The summed E-state index contributed by atoms with van der Waals surface area (Å²) in [6.45, 7) is 4.41. The Labute approximate surface area is 171 Å². The van der Waals surface area contributed by atoms with E-state index in [9.17, 15) is 18.0 Å². The smallest absolute Gasteiger partial charge is 0.240 e. The molecular weight excluding hydrogens is 390 g/mol. The summed E-state index contributed by atoms with van der Waals surface area (Å²) >= 11 is 0. The monoisotopic (exact) mass is 415 g/mol. The zero-order chi connectivity index (χ0) is 21.0. The van der Waals surface area contributed by atoms with Crippen molar-refractivity contribution in [2.75, 3.05) is 16.8 Å². The van der Waals surface area contributed by atoms with Crippen LogP contribution >= 0.6 is 0 Å². The number of amides is 2. The first kappa shape index (κ1) is 21.0. The number of hydrogen-bond donors (Lipinski definition) is 2. The van der Waals surface area contributed by atoms with Crippen molar-refractivity contribution >= 4 is 33.2 Å². The molecule has 1 aliphatic heterocycles. The van der Waals surface area contributed by atoms with Gasteiger partial charge in [0.05, 0.1) is 4.90 Å². The number of carbonyl (C=O) groups is 2. The van der Waals surface area contributed by atoms with Crippen LogP contribution in [-0.2, 0) is 32.6 Å². The van der Waals surface area contributed by atoms with E-state index in [-0.39, 0.29) is 23.3 Å². The van der Waals surface area contributed by atoms with Crippen molar-refractivity contribution in [1.82, 2.24) is 4.72 Å². The molecule has 0 unspecified atom stereocenters. The minimum absolute atomic E-state index is 0.0933. The first-order valence-electron chi connectivity index (χ1n) is 9.65. The summed E-state index contributed by atoms with van der Waals surface area (Å²) in [4.78, 5) is 25.3. The largest absolute Gasteiger partial charge is 0.326 e. The third-order valence-corrected chi connectivity index (χ3v) is 6.30. The molecule has 29 heavy (non-hydrogen) atoms. The van der Waals surface area contributed by atoms with Crippen LogP contribution < -0.4 is 14.9 Å². The summed E-state index contributed by atoms with van der Waals surface area (Å²) in [7, 11) is -3.68. The average Bonchev–Trinajstić information content (AvgIpc) is 3.15. The molecule has 0 atom stereocenters. The van der Waals surface area contributed by atoms with Crippen molar-refractivity contribution < 1.29 is 18.0 Å².